The van der Waals surface area contributed by atoms with E-state index >= 15 is 0 Å². The first-order valence-electron chi connectivity index (χ1n) is 11.4. The third-order valence-corrected chi connectivity index (χ3v) is 8.65. The minimum Gasteiger partial charge on any atom is -0.347 e. The maximum atomic E-state index is 13.4. The van der Waals surface area contributed by atoms with Crippen LogP contribution in [0.1, 0.15) is 43.2 Å². The molecule has 2 spiro atoms. The molecule has 0 radical (unpaired) electrons. The highest BCUT2D eigenvalue weighted by Gasteiger charge is 2.56. The van der Waals surface area contributed by atoms with E-state index in [0.29, 0.717) is 50.5 Å². The summed E-state index contributed by atoms with van der Waals surface area (Å²) in [6.45, 7) is 2.53. The lowest BCUT2D eigenvalue weighted by Crippen LogP contribution is -2.75. The van der Waals surface area contributed by atoms with Gasteiger partial charge in [0.2, 0.25) is 5.91 Å². The fourth-order valence-electron chi connectivity index (χ4n) is 6.24. The summed E-state index contributed by atoms with van der Waals surface area (Å²) in [5, 5.41) is 3.04. The van der Waals surface area contributed by atoms with Crippen molar-refractivity contribution in [2.24, 2.45) is 11.3 Å². The maximum Gasteiger partial charge on any atom is 0.417 e. The quantitative estimate of drug-likeness (QED) is 0.718. The summed E-state index contributed by atoms with van der Waals surface area (Å²) in [6.07, 6.45) is 1.44. The number of rotatable bonds is 3. The Morgan fingerprint density at radius 1 is 1.18 bits per heavy atom. The Balaban J connectivity index is 1.11. The van der Waals surface area contributed by atoms with Gasteiger partial charge in [-0.2, -0.15) is 13.2 Å². The first kappa shape index (κ1) is 22.7. The Bertz CT molecular complexity index is 1010. The molecule has 1 aromatic carbocycles. The molecule has 5 rings (SSSR count). The molecule has 3 amide bonds. The number of nitrogens with zero attached hydrogens (tertiary/aromatic N) is 2. The second-order valence-corrected chi connectivity index (χ2v) is 11.8. The molecular formula is C23H28F3N3O3S. The average Bonchev–Trinajstić information content (AvgIpc) is 2.65. The van der Waals surface area contributed by atoms with Gasteiger partial charge in [-0.05, 0) is 55.7 Å². The molecule has 1 atom stereocenters. The fourth-order valence-corrected chi connectivity index (χ4v) is 6.98. The van der Waals surface area contributed by atoms with Gasteiger partial charge in [0.05, 0.1) is 26.8 Å². The van der Waals surface area contributed by atoms with Crippen LogP contribution < -0.4 is 5.32 Å². The van der Waals surface area contributed by atoms with Crippen LogP contribution in [-0.2, 0) is 28.2 Å². The third-order valence-electron chi connectivity index (χ3n) is 7.67. The lowest BCUT2D eigenvalue weighted by molar-refractivity contribution is -0.140. The molecule has 1 aromatic rings. The summed E-state index contributed by atoms with van der Waals surface area (Å²) in [7, 11) is -1.70. The van der Waals surface area contributed by atoms with Crippen LogP contribution >= 0.6 is 0 Å². The highest BCUT2D eigenvalue weighted by atomic mass is 32.2. The van der Waals surface area contributed by atoms with E-state index in [2.05, 4.69) is 5.32 Å². The molecule has 33 heavy (non-hydrogen) atoms. The lowest BCUT2D eigenvalue weighted by atomic mass is 9.56. The Hall–Kier alpha value is -2.10. The standard InChI is InChI=1S/C23H28F3N3O3S/c1-33(32)18-5-4-15(8-17(18)23(24,25)26)7-16-9-21(10-16)11-28(12-21)20(31)29-13-22(14-29)6-2-3-19(30)27-22/h4-5,8,16H,2-3,6-7,9-14H2,1H3,(H,27,30). The molecule has 10 heteroatoms. The fraction of sp³-hybridized carbons (Fsp3) is 0.652. The predicted octanol–water partition coefficient (Wildman–Crippen LogP) is 3.17. The van der Waals surface area contributed by atoms with E-state index in [1.807, 2.05) is 4.90 Å². The Kier molecular flexibility index (Phi) is 5.30. The first-order valence-corrected chi connectivity index (χ1v) is 12.9. The molecule has 180 valence electrons. The maximum absolute atomic E-state index is 13.4. The van der Waals surface area contributed by atoms with E-state index in [1.165, 1.54) is 12.3 Å². The number of halogens is 3. The van der Waals surface area contributed by atoms with Gasteiger partial charge in [-0.25, -0.2) is 4.79 Å². The molecule has 1 saturated carbocycles. The highest BCUT2D eigenvalue weighted by Crippen LogP contribution is 2.53. The monoisotopic (exact) mass is 483 g/mol. The molecule has 1 unspecified atom stereocenters. The van der Waals surface area contributed by atoms with Crippen LogP contribution in [0.15, 0.2) is 23.1 Å². The normalized spacial score (nSPS) is 24.7. The molecule has 1 N–H and O–H groups in total. The average molecular weight is 484 g/mol. The second-order valence-electron chi connectivity index (χ2n) is 10.4. The van der Waals surface area contributed by atoms with Gasteiger partial charge >= 0.3 is 12.2 Å². The Morgan fingerprint density at radius 2 is 1.85 bits per heavy atom. The van der Waals surface area contributed by atoms with Gasteiger partial charge in [0, 0.05) is 44.3 Å². The molecule has 3 aliphatic heterocycles. The third kappa shape index (κ3) is 4.15. The van der Waals surface area contributed by atoms with Crippen molar-refractivity contribution in [1.82, 2.24) is 15.1 Å². The topological polar surface area (TPSA) is 69.7 Å². The van der Waals surface area contributed by atoms with Gasteiger partial charge in [0.15, 0.2) is 0 Å². The minimum atomic E-state index is -4.53. The molecule has 4 aliphatic rings. The van der Waals surface area contributed by atoms with E-state index < -0.39 is 22.5 Å². The summed E-state index contributed by atoms with van der Waals surface area (Å²) in [5.74, 6) is 0.364. The van der Waals surface area contributed by atoms with Gasteiger partial charge in [-0.1, -0.05) is 6.07 Å². The smallest absolute Gasteiger partial charge is 0.347 e. The van der Waals surface area contributed by atoms with Crippen LogP contribution in [0, 0.1) is 11.3 Å². The van der Waals surface area contributed by atoms with Gasteiger partial charge in [-0.15, -0.1) is 0 Å². The summed E-state index contributed by atoms with van der Waals surface area (Å²) >= 11 is 0. The number of piperidine rings is 1. The van der Waals surface area contributed by atoms with E-state index in [1.54, 1.807) is 11.0 Å². The number of likely N-dealkylation sites (tertiary alicyclic amines) is 2. The van der Waals surface area contributed by atoms with Crippen LogP contribution in [0.2, 0.25) is 0 Å². The summed E-state index contributed by atoms with van der Waals surface area (Å²) < 4.78 is 51.8. The Morgan fingerprint density at radius 3 is 2.45 bits per heavy atom. The number of urea groups is 1. The highest BCUT2D eigenvalue weighted by molar-refractivity contribution is 7.84. The number of carbonyl (C=O) groups is 2. The van der Waals surface area contributed by atoms with Gasteiger partial charge in [-0.3, -0.25) is 9.00 Å². The van der Waals surface area contributed by atoms with Crippen molar-refractivity contribution < 1.29 is 27.0 Å². The van der Waals surface area contributed by atoms with Crippen molar-refractivity contribution in [3.05, 3.63) is 29.3 Å². The van der Waals surface area contributed by atoms with Crippen molar-refractivity contribution in [1.29, 1.82) is 0 Å². The van der Waals surface area contributed by atoms with E-state index in [9.17, 15) is 27.0 Å². The molecule has 0 aromatic heterocycles. The van der Waals surface area contributed by atoms with Gasteiger partial charge < -0.3 is 15.1 Å². The number of amides is 3. The van der Waals surface area contributed by atoms with Crippen molar-refractivity contribution in [3.63, 3.8) is 0 Å². The molecule has 1 aliphatic carbocycles. The zero-order chi connectivity index (χ0) is 23.6. The first-order chi connectivity index (χ1) is 15.5. The SMILES string of the molecule is CS(=O)c1ccc(CC2CC3(C2)CN(C(=O)N2CC4(CCCC(=O)N4)C2)C3)cc1C(F)(F)F. The number of hydrogen-bond acceptors (Lipinski definition) is 3. The lowest BCUT2D eigenvalue weighted by Gasteiger charge is -2.61. The number of alkyl halides is 3. The van der Waals surface area contributed by atoms with Crippen LogP contribution in [0.4, 0.5) is 18.0 Å². The van der Waals surface area contributed by atoms with Gasteiger partial charge in [0.1, 0.15) is 0 Å². The van der Waals surface area contributed by atoms with Crippen LogP contribution in [0.3, 0.4) is 0 Å². The molecule has 0 bridgehead atoms. The number of nitrogens with one attached hydrogen (secondary N) is 1. The number of benzene rings is 1. The molecule has 3 heterocycles. The van der Waals surface area contributed by atoms with E-state index in [0.717, 1.165) is 31.7 Å². The van der Waals surface area contributed by atoms with Crippen molar-refractivity contribution in [3.8, 4) is 0 Å². The van der Waals surface area contributed by atoms with Gasteiger partial charge in [0.25, 0.3) is 0 Å². The molecule has 3 saturated heterocycles. The molecule has 6 nitrogen and oxygen atoms in total. The molecule has 4 fully saturated rings. The largest absolute Gasteiger partial charge is 0.417 e. The van der Waals surface area contributed by atoms with Crippen molar-refractivity contribution >= 4 is 22.7 Å². The van der Waals surface area contributed by atoms with E-state index in [4.69, 9.17) is 0 Å². The second kappa shape index (κ2) is 7.71. The van der Waals surface area contributed by atoms with Crippen molar-refractivity contribution in [2.75, 3.05) is 32.4 Å². The zero-order valence-corrected chi connectivity index (χ0v) is 19.4. The summed E-state index contributed by atoms with van der Waals surface area (Å²) in [4.78, 5) is 27.9. The van der Waals surface area contributed by atoms with Crippen LogP contribution in [0.25, 0.3) is 0 Å². The minimum absolute atomic E-state index is 0.0208. The summed E-state index contributed by atoms with van der Waals surface area (Å²) in [6, 6.07) is 4.15. The predicted molar refractivity (Wildman–Crippen MR) is 116 cm³/mol. The zero-order valence-electron chi connectivity index (χ0n) is 18.5. The summed E-state index contributed by atoms with van der Waals surface area (Å²) in [5.41, 5.74) is -0.329. The van der Waals surface area contributed by atoms with Crippen LogP contribution in [-0.4, -0.2) is 63.9 Å². The number of hydrogen-bond donors (Lipinski definition) is 1. The van der Waals surface area contributed by atoms with Crippen LogP contribution in [0.5, 0.6) is 0 Å². The van der Waals surface area contributed by atoms with E-state index in [-0.39, 0.29) is 27.8 Å². The molecular weight excluding hydrogens is 455 g/mol. The number of carbonyl (C=O) groups excluding carboxylic acids is 2. The Labute approximate surface area is 193 Å². The van der Waals surface area contributed by atoms with Crippen molar-refractivity contribution in [2.45, 2.75) is 55.1 Å².